The van der Waals surface area contributed by atoms with Gasteiger partial charge in [0.25, 0.3) is 0 Å². The third-order valence-electron chi connectivity index (χ3n) is 5.15. The van der Waals surface area contributed by atoms with Gasteiger partial charge in [0, 0.05) is 19.3 Å². The second-order valence-corrected chi connectivity index (χ2v) is 7.64. The van der Waals surface area contributed by atoms with Gasteiger partial charge in [-0.1, -0.05) is 25.1 Å². The van der Waals surface area contributed by atoms with Crippen molar-refractivity contribution in [2.45, 2.75) is 40.3 Å². The molecule has 1 aromatic carbocycles. The van der Waals surface area contributed by atoms with Crippen LogP contribution in [0, 0.1) is 19.3 Å². The second-order valence-electron chi connectivity index (χ2n) is 7.64. The summed E-state index contributed by atoms with van der Waals surface area (Å²) in [6.45, 7) is 11.0. The summed E-state index contributed by atoms with van der Waals surface area (Å²) < 4.78 is 6.04. The summed E-state index contributed by atoms with van der Waals surface area (Å²) in [6.07, 6.45) is 2.99. The Kier molecular flexibility index (Phi) is 7.04. The van der Waals surface area contributed by atoms with Crippen molar-refractivity contribution in [1.82, 2.24) is 9.88 Å². The number of hydrogen-bond acceptors (Lipinski definition) is 4. The fraction of sp³-hybridized carbons (Fsp3) is 0.476. The highest BCUT2D eigenvalue weighted by Gasteiger charge is 2.32. The molecule has 0 saturated carbocycles. The van der Waals surface area contributed by atoms with Crippen molar-refractivity contribution in [3.63, 3.8) is 0 Å². The maximum absolute atomic E-state index is 6.04. The van der Waals surface area contributed by atoms with Gasteiger partial charge in [-0.3, -0.25) is 9.88 Å². The molecule has 3 rings (SSSR count). The zero-order chi connectivity index (χ0) is 17.9. The van der Waals surface area contributed by atoms with Crippen LogP contribution in [0.3, 0.4) is 0 Å². The van der Waals surface area contributed by atoms with Crippen LogP contribution in [0.1, 0.15) is 35.7 Å². The zero-order valence-corrected chi connectivity index (χ0v) is 16.8. The first kappa shape index (κ1) is 20.7. The van der Waals surface area contributed by atoms with Crippen LogP contribution in [0.15, 0.2) is 36.5 Å². The molecule has 0 aliphatic carbocycles. The molecule has 26 heavy (non-hydrogen) atoms. The topological polar surface area (TPSA) is 51.4 Å². The standard InChI is InChI=1S/C21H29N3O.ClH/c1-16-10-18(12-24-9-7-21(3,14-22)15-24)11-17(2)20(16)25-13-19-6-4-5-8-23-19;/h4-6,8,10-11H,7,9,12-15,22H2,1-3H3;1H. The fourth-order valence-electron chi connectivity index (χ4n) is 3.67. The van der Waals surface area contributed by atoms with Crippen molar-refractivity contribution in [3.8, 4) is 5.75 Å². The van der Waals surface area contributed by atoms with Crippen LogP contribution in [0.25, 0.3) is 0 Å². The molecule has 5 heteroatoms. The molecule has 2 aromatic rings. The predicted molar refractivity (Wildman–Crippen MR) is 109 cm³/mol. The van der Waals surface area contributed by atoms with Gasteiger partial charge in [0.05, 0.1) is 5.69 Å². The van der Waals surface area contributed by atoms with Gasteiger partial charge >= 0.3 is 0 Å². The lowest BCUT2D eigenvalue weighted by atomic mass is 9.90. The molecule has 1 aliphatic rings. The maximum Gasteiger partial charge on any atom is 0.130 e. The van der Waals surface area contributed by atoms with Crippen LogP contribution in [0.5, 0.6) is 5.75 Å². The summed E-state index contributed by atoms with van der Waals surface area (Å²) in [7, 11) is 0. The van der Waals surface area contributed by atoms with Crippen LogP contribution in [0.2, 0.25) is 0 Å². The molecule has 0 bridgehead atoms. The van der Waals surface area contributed by atoms with E-state index < -0.39 is 0 Å². The molecule has 0 radical (unpaired) electrons. The highest BCUT2D eigenvalue weighted by Crippen LogP contribution is 2.31. The van der Waals surface area contributed by atoms with Crippen LogP contribution in [-0.2, 0) is 13.2 Å². The van der Waals surface area contributed by atoms with E-state index in [1.54, 1.807) is 6.20 Å². The lowest BCUT2D eigenvalue weighted by Gasteiger charge is -2.23. The Morgan fingerprint density at radius 3 is 2.54 bits per heavy atom. The highest BCUT2D eigenvalue weighted by molar-refractivity contribution is 5.85. The fourth-order valence-corrected chi connectivity index (χ4v) is 3.67. The smallest absolute Gasteiger partial charge is 0.130 e. The van der Waals surface area contributed by atoms with Crippen molar-refractivity contribution < 1.29 is 4.74 Å². The molecular weight excluding hydrogens is 346 g/mol. The molecule has 2 N–H and O–H groups in total. The lowest BCUT2D eigenvalue weighted by Crippen LogP contribution is -2.31. The van der Waals surface area contributed by atoms with Crippen LogP contribution in [0.4, 0.5) is 0 Å². The molecule has 4 nitrogen and oxygen atoms in total. The molecule has 142 valence electrons. The quantitative estimate of drug-likeness (QED) is 0.832. The van der Waals surface area contributed by atoms with Crippen molar-refractivity contribution in [1.29, 1.82) is 0 Å². The third kappa shape index (κ3) is 4.97. The van der Waals surface area contributed by atoms with Gasteiger partial charge in [-0.2, -0.15) is 0 Å². The number of aryl methyl sites for hydroxylation is 2. The van der Waals surface area contributed by atoms with Gasteiger partial charge in [0.1, 0.15) is 12.4 Å². The number of likely N-dealkylation sites (tertiary alicyclic amines) is 1. The highest BCUT2D eigenvalue weighted by atomic mass is 35.5. The Bertz CT molecular complexity index is 699. The number of hydrogen-bond donors (Lipinski definition) is 1. The zero-order valence-electron chi connectivity index (χ0n) is 16.0. The SMILES string of the molecule is Cc1cc(CN2CCC(C)(CN)C2)cc(C)c1OCc1ccccn1.Cl. The molecule has 1 aromatic heterocycles. The molecule has 1 fully saturated rings. The van der Waals surface area contributed by atoms with Gasteiger partial charge in [-0.05, 0) is 67.6 Å². The van der Waals surface area contributed by atoms with E-state index in [1.807, 2.05) is 18.2 Å². The average Bonchev–Trinajstić information content (AvgIpc) is 2.97. The summed E-state index contributed by atoms with van der Waals surface area (Å²) in [5.41, 5.74) is 10.9. The monoisotopic (exact) mass is 375 g/mol. The number of nitrogens with two attached hydrogens (primary N) is 1. The number of halogens is 1. The number of ether oxygens (including phenoxy) is 1. The minimum Gasteiger partial charge on any atom is -0.487 e. The van der Waals surface area contributed by atoms with E-state index in [9.17, 15) is 0 Å². The molecule has 2 heterocycles. The number of rotatable bonds is 6. The molecule has 1 aliphatic heterocycles. The summed E-state index contributed by atoms with van der Waals surface area (Å²) in [6, 6.07) is 10.4. The number of benzene rings is 1. The Hall–Kier alpha value is -1.62. The number of aromatic nitrogens is 1. The second kappa shape index (κ2) is 8.85. The van der Waals surface area contributed by atoms with Crippen LogP contribution in [-0.4, -0.2) is 29.5 Å². The van der Waals surface area contributed by atoms with E-state index in [-0.39, 0.29) is 17.8 Å². The molecule has 0 amide bonds. The third-order valence-corrected chi connectivity index (χ3v) is 5.15. The Labute approximate surface area is 163 Å². The average molecular weight is 376 g/mol. The largest absolute Gasteiger partial charge is 0.487 e. The van der Waals surface area contributed by atoms with Crippen molar-refractivity contribution in [2.75, 3.05) is 19.6 Å². The van der Waals surface area contributed by atoms with Crippen LogP contribution < -0.4 is 10.5 Å². The summed E-state index contributed by atoms with van der Waals surface area (Å²) in [4.78, 5) is 6.83. The minimum atomic E-state index is 0. The van der Waals surface area contributed by atoms with E-state index in [0.717, 1.165) is 37.6 Å². The first-order valence-corrected chi connectivity index (χ1v) is 9.04. The Morgan fingerprint density at radius 1 is 1.23 bits per heavy atom. The summed E-state index contributed by atoms with van der Waals surface area (Å²) in [5, 5.41) is 0. The summed E-state index contributed by atoms with van der Waals surface area (Å²) in [5.74, 6) is 0.975. The van der Waals surface area contributed by atoms with E-state index >= 15 is 0 Å². The van der Waals surface area contributed by atoms with E-state index in [4.69, 9.17) is 10.5 Å². The van der Waals surface area contributed by atoms with Gasteiger partial charge in [-0.25, -0.2) is 0 Å². The first-order chi connectivity index (χ1) is 12.0. The summed E-state index contributed by atoms with van der Waals surface area (Å²) >= 11 is 0. The first-order valence-electron chi connectivity index (χ1n) is 9.04. The lowest BCUT2D eigenvalue weighted by molar-refractivity contribution is 0.273. The van der Waals surface area contributed by atoms with E-state index in [2.05, 4.69) is 42.8 Å². The molecule has 1 unspecified atom stereocenters. The van der Waals surface area contributed by atoms with Crippen molar-refractivity contribution >= 4 is 12.4 Å². The predicted octanol–water partition coefficient (Wildman–Crippen LogP) is 3.87. The maximum atomic E-state index is 6.04. The molecule has 1 saturated heterocycles. The molecule has 0 spiro atoms. The van der Waals surface area contributed by atoms with Gasteiger partial charge in [-0.15, -0.1) is 12.4 Å². The van der Waals surface area contributed by atoms with Gasteiger partial charge < -0.3 is 10.5 Å². The normalized spacial score (nSPS) is 20.0. The van der Waals surface area contributed by atoms with E-state index in [1.165, 1.54) is 23.1 Å². The number of nitrogens with zero attached hydrogens (tertiary/aromatic N) is 2. The van der Waals surface area contributed by atoms with Crippen LogP contribution >= 0.6 is 12.4 Å². The Balaban J connectivity index is 0.00000243. The number of pyridine rings is 1. The van der Waals surface area contributed by atoms with Crippen molar-refractivity contribution in [2.24, 2.45) is 11.1 Å². The Morgan fingerprint density at radius 2 is 1.96 bits per heavy atom. The minimum absolute atomic E-state index is 0. The molecule has 1 atom stereocenters. The van der Waals surface area contributed by atoms with Gasteiger partial charge in [0.15, 0.2) is 0 Å². The van der Waals surface area contributed by atoms with Gasteiger partial charge in [0.2, 0.25) is 0 Å². The molecular formula is C21H30ClN3O. The van der Waals surface area contributed by atoms with E-state index in [0.29, 0.717) is 6.61 Å². The van der Waals surface area contributed by atoms with Crippen molar-refractivity contribution in [3.05, 3.63) is 58.9 Å².